The van der Waals surface area contributed by atoms with Crippen LogP contribution in [0.25, 0.3) is 16.5 Å². The minimum atomic E-state index is -0.294. The van der Waals surface area contributed by atoms with E-state index in [0.29, 0.717) is 48.7 Å². The normalized spacial score (nSPS) is 14.1. The highest BCUT2D eigenvalue weighted by atomic mass is 16.5. The molecule has 2 heterocycles. The van der Waals surface area contributed by atoms with Gasteiger partial charge in [-0.25, -0.2) is 0 Å². The average Bonchev–Trinajstić information content (AvgIpc) is 3.22. The number of benzene rings is 2. The van der Waals surface area contributed by atoms with Crippen molar-refractivity contribution in [2.75, 3.05) is 38.7 Å². The summed E-state index contributed by atoms with van der Waals surface area (Å²) < 4.78 is 16.2. The number of fused-ring (bicyclic) bond motifs is 1. The van der Waals surface area contributed by atoms with E-state index in [0.717, 1.165) is 16.7 Å². The number of hydrogen-bond acceptors (Lipinski definition) is 6. The zero-order chi connectivity index (χ0) is 24.9. The Bertz CT molecular complexity index is 1280. The highest BCUT2D eigenvalue weighted by Gasteiger charge is 2.21. The number of morpholine rings is 1. The zero-order valence-electron chi connectivity index (χ0n) is 20.1. The molecule has 8 nitrogen and oxygen atoms in total. The molecule has 1 saturated heterocycles. The molecule has 0 bridgehead atoms. The molecule has 4 rings (SSSR count). The number of amides is 2. The fourth-order valence-corrected chi connectivity index (χ4v) is 3.97. The molecule has 0 radical (unpaired) electrons. The molecule has 0 saturated carbocycles. The SMILES string of the molecule is COc1ccc(CC(=O)Nc2c(C(C)=O)oc3ccc(/C(C)=C/C(=O)N4CCOCC4)cc23)cc1. The first-order valence-corrected chi connectivity index (χ1v) is 11.4. The van der Waals surface area contributed by atoms with Crippen LogP contribution in [0.15, 0.2) is 53.0 Å². The number of nitrogens with zero attached hydrogens (tertiary/aromatic N) is 1. The molecule has 1 aliphatic rings. The van der Waals surface area contributed by atoms with Gasteiger partial charge in [-0.15, -0.1) is 0 Å². The Labute approximate surface area is 203 Å². The number of nitrogens with one attached hydrogen (secondary N) is 1. The number of rotatable bonds is 7. The van der Waals surface area contributed by atoms with Crippen LogP contribution in [-0.4, -0.2) is 55.9 Å². The lowest BCUT2D eigenvalue weighted by Crippen LogP contribution is -2.39. The Morgan fingerprint density at radius 1 is 1.06 bits per heavy atom. The van der Waals surface area contributed by atoms with Crippen molar-refractivity contribution in [3.05, 3.63) is 65.4 Å². The molecule has 1 aromatic heterocycles. The number of hydrogen-bond donors (Lipinski definition) is 1. The van der Waals surface area contributed by atoms with Crippen molar-refractivity contribution in [3.8, 4) is 5.75 Å². The highest BCUT2D eigenvalue weighted by molar-refractivity contribution is 6.11. The van der Waals surface area contributed by atoms with Gasteiger partial charge in [0.1, 0.15) is 11.3 Å². The number of methoxy groups -OCH3 is 1. The van der Waals surface area contributed by atoms with E-state index >= 15 is 0 Å². The zero-order valence-corrected chi connectivity index (χ0v) is 20.1. The van der Waals surface area contributed by atoms with Crippen LogP contribution < -0.4 is 10.1 Å². The van der Waals surface area contributed by atoms with Gasteiger partial charge in [-0.1, -0.05) is 18.2 Å². The molecule has 2 aromatic carbocycles. The maximum Gasteiger partial charge on any atom is 0.246 e. The number of allylic oxidation sites excluding steroid dienone is 1. The van der Waals surface area contributed by atoms with Gasteiger partial charge in [0.05, 0.1) is 32.4 Å². The summed E-state index contributed by atoms with van der Waals surface area (Å²) in [6, 6.07) is 12.6. The molecule has 0 aliphatic carbocycles. The first kappa shape index (κ1) is 24.2. The van der Waals surface area contributed by atoms with Crippen molar-refractivity contribution in [1.29, 1.82) is 0 Å². The Kier molecular flexibility index (Phi) is 7.31. The van der Waals surface area contributed by atoms with Crippen molar-refractivity contribution in [2.45, 2.75) is 20.3 Å². The monoisotopic (exact) mass is 476 g/mol. The lowest BCUT2D eigenvalue weighted by Gasteiger charge is -2.25. The van der Waals surface area contributed by atoms with Gasteiger partial charge in [0, 0.05) is 31.5 Å². The second-order valence-corrected chi connectivity index (χ2v) is 8.41. The molecule has 1 aliphatic heterocycles. The van der Waals surface area contributed by atoms with E-state index in [1.54, 1.807) is 36.3 Å². The van der Waals surface area contributed by atoms with E-state index in [4.69, 9.17) is 13.9 Å². The van der Waals surface area contributed by atoms with Crippen molar-refractivity contribution < 1.29 is 28.3 Å². The van der Waals surface area contributed by atoms with E-state index < -0.39 is 0 Å². The maximum absolute atomic E-state index is 12.8. The minimum Gasteiger partial charge on any atom is -0.497 e. The third-order valence-corrected chi connectivity index (χ3v) is 5.91. The Hall–Kier alpha value is -3.91. The molecule has 1 N–H and O–H groups in total. The van der Waals surface area contributed by atoms with E-state index in [1.165, 1.54) is 6.92 Å². The predicted molar refractivity (Wildman–Crippen MR) is 133 cm³/mol. The van der Waals surface area contributed by atoms with Crippen LogP contribution >= 0.6 is 0 Å². The lowest BCUT2D eigenvalue weighted by atomic mass is 10.0. The van der Waals surface area contributed by atoms with Gasteiger partial charge in [-0.3, -0.25) is 14.4 Å². The van der Waals surface area contributed by atoms with Gasteiger partial charge >= 0.3 is 0 Å². The molecule has 0 atom stereocenters. The maximum atomic E-state index is 12.8. The fourth-order valence-electron chi connectivity index (χ4n) is 3.97. The summed E-state index contributed by atoms with van der Waals surface area (Å²) in [5.41, 5.74) is 3.18. The van der Waals surface area contributed by atoms with Gasteiger partial charge in [-0.2, -0.15) is 0 Å². The molecular formula is C27H28N2O6. The first-order valence-electron chi connectivity index (χ1n) is 11.4. The van der Waals surface area contributed by atoms with Crippen LogP contribution in [0.3, 0.4) is 0 Å². The molecule has 1 fully saturated rings. The van der Waals surface area contributed by atoms with Crippen LogP contribution in [0.4, 0.5) is 5.69 Å². The summed E-state index contributed by atoms with van der Waals surface area (Å²) in [5.74, 6) is 0.150. The second-order valence-electron chi connectivity index (χ2n) is 8.41. The van der Waals surface area contributed by atoms with Gasteiger partial charge in [-0.05, 0) is 47.9 Å². The Morgan fingerprint density at radius 3 is 2.43 bits per heavy atom. The summed E-state index contributed by atoms with van der Waals surface area (Å²) >= 11 is 0. The largest absolute Gasteiger partial charge is 0.497 e. The third kappa shape index (κ3) is 5.60. The van der Waals surface area contributed by atoms with Gasteiger partial charge in [0.2, 0.25) is 11.8 Å². The molecule has 0 unspecified atom stereocenters. The smallest absolute Gasteiger partial charge is 0.246 e. The summed E-state index contributed by atoms with van der Waals surface area (Å²) in [6.07, 6.45) is 1.72. The molecule has 2 amide bonds. The van der Waals surface area contributed by atoms with Crippen LogP contribution in [0.1, 0.15) is 35.5 Å². The number of furan rings is 1. The first-order chi connectivity index (χ1) is 16.9. The van der Waals surface area contributed by atoms with Crippen molar-refractivity contribution in [3.63, 3.8) is 0 Å². The Morgan fingerprint density at radius 2 is 1.77 bits per heavy atom. The Balaban J connectivity index is 1.60. The third-order valence-electron chi connectivity index (χ3n) is 5.91. The quantitative estimate of drug-likeness (QED) is 0.408. The summed E-state index contributed by atoms with van der Waals surface area (Å²) in [6.45, 7) is 5.45. The van der Waals surface area contributed by atoms with E-state index in [1.807, 2.05) is 31.2 Å². The van der Waals surface area contributed by atoms with Crippen LogP contribution in [0.2, 0.25) is 0 Å². The van der Waals surface area contributed by atoms with Crippen LogP contribution in [0.5, 0.6) is 5.75 Å². The number of Topliss-reactive ketones (excluding diaryl/α,β-unsaturated/α-hetero) is 1. The van der Waals surface area contributed by atoms with E-state index in [-0.39, 0.29) is 29.8 Å². The second kappa shape index (κ2) is 10.6. The molecule has 8 heteroatoms. The predicted octanol–water partition coefficient (Wildman–Crippen LogP) is 4.09. The highest BCUT2D eigenvalue weighted by Crippen LogP contribution is 2.34. The fraction of sp³-hybridized carbons (Fsp3) is 0.296. The van der Waals surface area contributed by atoms with Crippen LogP contribution in [-0.2, 0) is 20.7 Å². The molecule has 182 valence electrons. The summed E-state index contributed by atoms with van der Waals surface area (Å²) in [4.78, 5) is 39.5. The van der Waals surface area contributed by atoms with Crippen LogP contribution in [0, 0.1) is 0 Å². The molecule has 3 aromatic rings. The molecular weight excluding hydrogens is 448 g/mol. The molecule has 0 spiro atoms. The van der Waals surface area contributed by atoms with Crippen molar-refractivity contribution >= 4 is 39.8 Å². The summed E-state index contributed by atoms with van der Waals surface area (Å²) in [7, 11) is 1.58. The van der Waals surface area contributed by atoms with Crippen molar-refractivity contribution in [2.24, 2.45) is 0 Å². The van der Waals surface area contributed by atoms with Gasteiger partial charge in [0.15, 0.2) is 11.5 Å². The summed E-state index contributed by atoms with van der Waals surface area (Å²) in [5, 5.41) is 3.46. The van der Waals surface area contributed by atoms with Gasteiger partial charge < -0.3 is 24.1 Å². The van der Waals surface area contributed by atoms with E-state index in [9.17, 15) is 14.4 Å². The van der Waals surface area contributed by atoms with Gasteiger partial charge in [0.25, 0.3) is 0 Å². The van der Waals surface area contributed by atoms with Crippen molar-refractivity contribution in [1.82, 2.24) is 4.90 Å². The number of ether oxygens (including phenoxy) is 2. The standard InChI is InChI=1S/C27H28N2O6/c1-17(14-25(32)29-10-12-34-13-11-29)20-6-9-23-22(16-20)26(27(35-23)18(2)30)28-24(31)15-19-4-7-21(33-3)8-5-19/h4-9,14,16H,10-13,15H2,1-3H3,(H,28,31)/b17-14+. The number of carbonyl (C=O) groups excluding carboxylic acids is 3. The number of ketones is 1. The minimum absolute atomic E-state index is 0.0736. The lowest BCUT2D eigenvalue weighted by molar-refractivity contribution is -0.129. The topological polar surface area (TPSA) is 98.1 Å². The molecule has 35 heavy (non-hydrogen) atoms. The number of anilines is 1. The average molecular weight is 477 g/mol. The van der Waals surface area contributed by atoms with E-state index in [2.05, 4.69) is 5.32 Å². The number of carbonyl (C=O) groups is 3.